The van der Waals surface area contributed by atoms with Crippen LogP contribution in [-0.2, 0) is 16.0 Å². The maximum absolute atomic E-state index is 12.9. The standard InChI is InChI=1S/C22H24N4O3S/c1-29-12-10-24-21(28)20-19(17-6-4-9-25-22(17)30-20)15-7-11-26(14-15)18(27)13-16-5-2-3-8-23-16/h2-6,8-9,15H,7,10-14H2,1H3,(H,24,28)/t15-/m0/s1. The summed E-state index contributed by atoms with van der Waals surface area (Å²) in [5.41, 5.74) is 1.78. The van der Waals surface area contributed by atoms with Gasteiger partial charge in [-0.2, -0.15) is 0 Å². The molecule has 0 bridgehead atoms. The largest absolute Gasteiger partial charge is 0.383 e. The number of hydrogen-bond acceptors (Lipinski definition) is 6. The number of rotatable bonds is 7. The molecule has 7 nitrogen and oxygen atoms in total. The maximum Gasteiger partial charge on any atom is 0.261 e. The Hall–Kier alpha value is -2.84. The number of carbonyl (C=O) groups is 2. The molecule has 1 atom stereocenters. The molecule has 3 aromatic heterocycles. The first-order valence-corrected chi connectivity index (χ1v) is 10.8. The fourth-order valence-electron chi connectivity index (χ4n) is 3.86. The van der Waals surface area contributed by atoms with Crippen molar-refractivity contribution in [3.8, 4) is 0 Å². The Morgan fingerprint density at radius 1 is 1.23 bits per heavy atom. The van der Waals surface area contributed by atoms with Crippen LogP contribution in [0.15, 0.2) is 42.7 Å². The van der Waals surface area contributed by atoms with E-state index in [9.17, 15) is 9.59 Å². The van der Waals surface area contributed by atoms with Crippen LogP contribution in [0, 0.1) is 0 Å². The Kier molecular flexibility index (Phi) is 6.35. The average molecular weight is 425 g/mol. The van der Waals surface area contributed by atoms with E-state index in [1.54, 1.807) is 19.5 Å². The summed E-state index contributed by atoms with van der Waals surface area (Å²) < 4.78 is 5.03. The molecule has 1 fully saturated rings. The molecule has 156 valence electrons. The van der Waals surface area contributed by atoms with Crippen molar-refractivity contribution >= 4 is 33.4 Å². The fourth-order valence-corrected chi connectivity index (χ4v) is 5.01. The van der Waals surface area contributed by atoms with Gasteiger partial charge in [0.25, 0.3) is 5.91 Å². The molecule has 0 aliphatic carbocycles. The maximum atomic E-state index is 12.9. The lowest BCUT2D eigenvalue weighted by Crippen LogP contribution is -2.30. The van der Waals surface area contributed by atoms with E-state index in [0.29, 0.717) is 37.5 Å². The van der Waals surface area contributed by atoms with E-state index in [1.165, 1.54) is 11.3 Å². The number of nitrogens with one attached hydrogen (secondary N) is 1. The topological polar surface area (TPSA) is 84.4 Å². The van der Waals surface area contributed by atoms with Crippen molar-refractivity contribution in [1.82, 2.24) is 20.2 Å². The fraction of sp³-hybridized carbons (Fsp3) is 0.364. The summed E-state index contributed by atoms with van der Waals surface area (Å²) in [5, 5.41) is 3.92. The molecule has 1 aliphatic heterocycles. The number of fused-ring (bicyclic) bond motifs is 1. The summed E-state index contributed by atoms with van der Waals surface area (Å²) >= 11 is 1.41. The monoisotopic (exact) mass is 424 g/mol. The molecule has 1 N–H and O–H groups in total. The minimum Gasteiger partial charge on any atom is -0.383 e. The Morgan fingerprint density at radius 2 is 2.10 bits per heavy atom. The van der Waals surface area contributed by atoms with E-state index in [0.717, 1.165) is 27.9 Å². The van der Waals surface area contributed by atoms with Gasteiger partial charge in [-0.25, -0.2) is 4.98 Å². The van der Waals surface area contributed by atoms with Crippen LogP contribution >= 0.6 is 11.3 Å². The third-order valence-corrected chi connectivity index (χ3v) is 6.44. The number of nitrogens with zero attached hydrogens (tertiary/aromatic N) is 3. The normalized spacial score (nSPS) is 16.2. The summed E-state index contributed by atoms with van der Waals surface area (Å²) in [6.07, 6.45) is 4.57. The highest BCUT2D eigenvalue weighted by Crippen LogP contribution is 2.39. The molecule has 0 unspecified atom stereocenters. The van der Waals surface area contributed by atoms with Crippen molar-refractivity contribution in [3.05, 3.63) is 58.9 Å². The molecular formula is C22H24N4O3S. The van der Waals surface area contributed by atoms with Gasteiger partial charge in [0.05, 0.1) is 17.9 Å². The highest BCUT2D eigenvalue weighted by Gasteiger charge is 2.32. The smallest absolute Gasteiger partial charge is 0.261 e. The lowest BCUT2D eigenvalue weighted by Gasteiger charge is -2.17. The van der Waals surface area contributed by atoms with Gasteiger partial charge in [0.15, 0.2) is 0 Å². The van der Waals surface area contributed by atoms with Crippen molar-refractivity contribution in [3.63, 3.8) is 0 Å². The first kappa shape index (κ1) is 20.4. The summed E-state index contributed by atoms with van der Waals surface area (Å²) in [4.78, 5) is 37.7. The van der Waals surface area contributed by atoms with Crippen molar-refractivity contribution in [2.75, 3.05) is 33.4 Å². The van der Waals surface area contributed by atoms with Gasteiger partial charge in [0.1, 0.15) is 4.83 Å². The number of aromatic nitrogens is 2. The van der Waals surface area contributed by atoms with Gasteiger partial charge in [0, 0.05) is 56.1 Å². The van der Waals surface area contributed by atoms with E-state index in [1.807, 2.05) is 35.2 Å². The lowest BCUT2D eigenvalue weighted by atomic mass is 9.95. The molecule has 3 aromatic rings. The van der Waals surface area contributed by atoms with Crippen LogP contribution in [0.2, 0.25) is 0 Å². The predicted octanol–water partition coefficient (Wildman–Crippen LogP) is 2.63. The molecule has 2 amide bonds. The predicted molar refractivity (Wildman–Crippen MR) is 116 cm³/mol. The Morgan fingerprint density at radius 3 is 2.90 bits per heavy atom. The van der Waals surface area contributed by atoms with Gasteiger partial charge in [0.2, 0.25) is 5.91 Å². The van der Waals surface area contributed by atoms with Crippen LogP contribution in [0.5, 0.6) is 0 Å². The zero-order valence-electron chi connectivity index (χ0n) is 16.8. The van der Waals surface area contributed by atoms with Crippen LogP contribution in [0.1, 0.15) is 33.3 Å². The highest BCUT2D eigenvalue weighted by molar-refractivity contribution is 7.20. The zero-order chi connectivity index (χ0) is 20.9. The second-order valence-electron chi connectivity index (χ2n) is 7.27. The third kappa shape index (κ3) is 4.34. The van der Waals surface area contributed by atoms with Crippen molar-refractivity contribution < 1.29 is 14.3 Å². The highest BCUT2D eigenvalue weighted by atomic mass is 32.1. The average Bonchev–Trinajstić information content (AvgIpc) is 3.39. The molecule has 0 saturated carbocycles. The van der Waals surface area contributed by atoms with E-state index in [2.05, 4.69) is 15.3 Å². The Bertz CT molecular complexity index is 1040. The summed E-state index contributed by atoms with van der Waals surface area (Å²) in [7, 11) is 1.61. The van der Waals surface area contributed by atoms with Gasteiger partial charge in [-0.1, -0.05) is 12.1 Å². The van der Waals surface area contributed by atoms with E-state index < -0.39 is 0 Å². The van der Waals surface area contributed by atoms with Crippen LogP contribution in [0.3, 0.4) is 0 Å². The van der Waals surface area contributed by atoms with Crippen LogP contribution in [0.25, 0.3) is 10.2 Å². The molecular weight excluding hydrogens is 400 g/mol. The number of hydrogen-bond donors (Lipinski definition) is 1. The molecule has 8 heteroatoms. The number of methoxy groups -OCH3 is 1. The quantitative estimate of drug-likeness (QED) is 0.590. The molecule has 0 radical (unpaired) electrons. The first-order chi connectivity index (χ1) is 14.7. The Labute approximate surface area is 179 Å². The molecule has 0 aromatic carbocycles. The zero-order valence-corrected chi connectivity index (χ0v) is 17.7. The molecule has 30 heavy (non-hydrogen) atoms. The van der Waals surface area contributed by atoms with Gasteiger partial charge in [-0.15, -0.1) is 11.3 Å². The minimum absolute atomic E-state index is 0.0694. The van der Waals surface area contributed by atoms with Crippen LogP contribution < -0.4 is 5.32 Å². The second-order valence-corrected chi connectivity index (χ2v) is 8.27. The van der Waals surface area contributed by atoms with Crippen molar-refractivity contribution in [1.29, 1.82) is 0 Å². The second kappa shape index (κ2) is 9.32. The summed E-state index contributed by atoms with van der Waals surface area (Å²) in [5.74, 6) is 0.0714. The minimum atomic E-state index is -0.108. The summed E-state index contributed by atoms with van der Waals surface area (Å²) in [6.45, 7) is 2.20. The molecule has 0 spiro atoms. The number of pyridine rings is 2. The lowest BCUT2D eigenvalue weighted by molar-refractivity contribution is -0.129. The van der Waals surface area contributed by atoms with Gasteiger partial charge in [-0.3, -0.25) is 14.6 Å². The first-order valence-electron chi connectivity index (χ1n) is 9.99. The molecule has 4 heterocycles. The van der Waals surface area contributed by atoms with Crippen LogP contribution in [0.4, 0.5) is 0 Å². The molecule has 1 saturated heterocycles. The summed E-state index contributed by atoms with van der Waals surface area (Å²) in [6, 6.07) is 9.50. The number of carbonyl (C=O) groups excluding carboxylic acids is 2. The van der Waals surface area contributed by atoms with E-state index >= 15 is 0 Å². The number of amides is 2. The van der Waals surface area contributed by atoms with E-state index in [-0.39, 0.29) is 17.7 Å². The van der Waals surface area contributed by atoms with Gasteiger partial charge >= 0.3 is 0 Å². The van der Waals surface area contributed by atoms with Crippen molar-refractivity contribution in [2.45, 2.75) is 18.8 Å². The molecule has 1 aliphatic rings. The van der Waals surface area contributed by atoms with Crippen molar-refractivity contribution in [2.24, 2.45) is 0 Å². The van der Waals surface area contributed by atoms with Gasteiger partial charge in [-0.05, 0) is 30.2 Å². The number of ether oxygens (including phenoxy) is 1. The van der Waals surface area contributed by atoms with Gasteiger partial charge < -0.3 is 15.0 Å². The van der Waals surface area contributed by atoms with Crippen LogP contribution in [-0.4, -0.2) is 60.0 Å². The molecule has 4 rings (SSSR count). The number of thiophene rings is 1. The van der Waals surface area contributed by atoms with E-state index in [4.69, 9.17) is 4.74 Å². The SMILES string of the molecule is COCCNC(=O)c1sc2ncccc2c1[C@H]1CCN(C(=O)Cc2ccccn2)C1. The number of likely N-dealkylation sites (tertiary alicyclic amines) is 1. The third-order valence-electron chi connectivity index (χ3n) is 5.31. The Balaban J connectivity index is 1.54.